The van der Waals surface area contributed by atoms with Crippen molar-refractivity contribution < 1.29 is 14.3 Å². The fourth-order valence-corrected chi connectivity index (χ4v) is 4.29. The molecule has 1 amide bonds. The van der Waals surface area contributed by atoms with Gasteiger partial charge in [0, 0.05) is 10.4 Å². The minimum absolute atomic E-state index is 0.176. The molecule has 3 rings (SSSR count). The Bertz CT molecular complexity index is 779. The van der Waals surface area contributed by atoms with Crippen molar-refractivity contribution in [3.05, 3.63) is 50.7 Å². The maximum Gasteiger partial charge on any atom is 0.350 e. The first kappa shape index (κ1) is 16.7. The number of anilines is 1. The summed E-state index contributed by atoms with van der Waals surface area (Å²) in [5.41, 5.74) is 3.30. The van der Waals surface area contributed by atoms with Crippen LogP contribution in [0.25, 0.3) is 0 Å². The van der Waals surface area contributed by atoms with Crippen LogP contribution in [0.4, 0.5) is 5.69 Å². The van der Waals surface area contributed by atoms with Crippen LogP contribution in [-0.2, 0) is 17.6 Å². The Labute approximate surface area is 145 Å². The van der Waals surface area contributed by atoms with Gasteiger partial charge in [-0.25, -0.2) is 4.79 Å². The second kappa shape index (κ2) is 7.18. The number of rotatable bonds is 4. The van der Waals surface area contributed by atoms with Crippen molar-refractivity contribution in [2.45, 2.75) is 39.5 Å². The van der Waals surface area contributed by atoms with Crippen molar-refractivity contribution in [1.82, 2.24) is 0 Å². The summed E-state index contributed by atoms with van der Waals surface area (Å²) in [4.78, 5) is 26.7. The number of benzene rings is 1. The quantitative estimate of drug-likeness (QED) is 0.839. The Morgan fingerprint density at radius 2 is 1.96 bits per heavy atom. The van der Waals surface area contributed by atoms with Crippen molar-refractivity contribution in [1.29, 1.82) is 0 Å². The standard InChI is InChI=1S/C19H21NO3S/c1-3-23-19(22)17-16(14-10-6-7-11-15(14)24-17)20-18(21)13-9-5-4-8-12(13)2/h4-5,8-9H,3,6-7,10-11H2,1-2H3,(H,20,21). The molecule has 2 aromatic rings. The van der Waals surface area contributed by atoms with E-state index in [1.807, 2.05) is 25.1 Å². The molecule has 4 nitrogen and oxygen atoms in total. The van der Waals surface area contributed by atoms with E-state index < -0.39 is 0 Å². The number of carbonyl (C=O) groups excluding carboxylic acids is 2. The van der Waals surface area contributed by atoms with Gasteiger partial charge in [0.15, 0.2) is 0 Å². The summed E-state index contributed by atoms with van der Waals surface area (Å²) >= 11 is 1.46. The molecule has 5 heteroatoms. The summed E-state index contributed by atoms with van der Waals surface area (Å²) in [6.07, 6.45) is 4.07. The van der Waals surface area contributed by atoms with Gasteiger partial charge in [0.1, 0.15) is 4.88 Å². The zero-order valence-electron chi connectivity index (χ0n) is 14.0. The highest BCUT2D eigenvalue weighted by molar-refractivity contribution is 7.14. The average Bonchev–Trinajstić information content (AvgIpc) is 2.94. The number of amides is 1. The van der Waals surface area contributed by atoms with Gasteiger partial charge >= 0.3 is 5.97 Å². The van der Waals surface area contributed by atoms with E-state index in [0.717, 1.165) is 36.8 Å². The van der Waals surface area contributed by atoms with Crippen LogP contribution in [-0.4, -0.2) is 18.5 Å². The molecule has 0 saturated heterocycles. The highest BCUT2D eigenvalue weighted by Gasteiger charge is 2.27. The molecule has 0 spiro atoms. The van der Waals surface area contributed by atoms with E-state index in [9.17, 15) is 9.59 Å². The first-order chi connectivity index (χ1) is 11.6. The number of thiophene rings is 1. The smallest absolute Gasteiger partial charge is 0.350 e. The van der Waals surface area contributed by atoms with Crippen molar-refractivity contribution in [2.24, 2.45) is 0 Å². The molecule has 1 aromatic carbocycles. The highest BCUT2D eigenvalue weighted by atomic mass is 32.1. The zero-order chi connectivity index (χ0) is 17.1. The molecule has 0 atom stereocenters. The van der Waals surface area contributed by atoms with Crippen molar-refractivity contribution in [3.63, 3.8) is 0 Å². The maximum absolute atomic E-state index is 12.7. The van der Waals surface area contributed by atoms with E-state index in [2.05, 4.69) is 5.32 Å². The average molecular weight is 343 g/mol. The maximum atomic E-state index is 12.7. The summed E-state index contributed by atoms with van der Waals surface area (Å²) < 4.78 is 5.18. The number of carbonyl (C=O) groups is 2. The normalized spacial score (nSPS) is 13.2. The summed E-state index contributed by atoms with van der Waals surface area (Å²) in [5, 5.41) is 2.99. The second-order valence-corrected chi connectivity index (χ2v) is 7.01. The molecular formula is C19H21NO3S. The number of hydrogen-bond donors (Lipinski definition) is 1. The Kier molecular flexibility index (Phi) is 5.00. The summed E-state index contributed by atoms with van der Waals surface area (Å²) in [7, 11) is 0. The third-order valence-electron chi connectivity index (χ3n) is 4.26. The van der Waals surface area contributed by atoms with Crippen LogP contribution < -0.4 is 5.32 Å². The van der Waals surface area contributed by atoms with Crippen LogP contribution in [0.3, 0.4) is 0 Å². The molecule has 1 heterocycles. The SMILES string of the molecule is CCOC(=O)c1sc2c(c1NC(=O)c1ccccc1C)CCCC2. The van der Waals surface area contributed by atoms with E-state index in [1.165, 1.54) is 16.2 Å². The number of hydrogen-bond acceptors (Lipinski definition) is 4. The predicted molar refractivity (Wildman–Crippen MR) is 96.0 cm³/mol. The van der Waals surface area contributed by atoms with Gasteiger partial charge < -0.3 is 10.1 Å². The molecule has 0 bridgehead atoms. The lowest BCUT2D eigenvalue weighted by molar-refractivity contribution is 0.0533. The molecule has 1 aliphatic carbocycles. The van der Waals surface area contributed by atoms with Gasteiger partial charge in [0.2, 0.25) is 0 Å². The Hall–Kier alpha value is -2.14. The van der Waals surface area contributed by atoms with E-state index in [4.69, 9.17) is 4.74 Å². The van der Waals surface area contributed by atoms with Crippen LogP contribution in [0.2, 0.25) is 0 Å². The topological polar surface area (TPSA) is 55.4 Å². The largest absolute Gasteiger partial charge is 0.462 e. The van der Waals surface area contributed by atoms with Gasteiger partial charge in [0.25, 0.3) is 5.91 Å². The van der Waals surface area contributed by atoms with Crippen LogP contribution in [0.5, 0.6) is 0 Å². The highest BCUT2D eigenvalue weighted by Crippen LogP contribution is 2.39. The third-order valence-corrected chi connectivity index (χ3v) is 5.53. The van der Waals surface area contributed by atoms with E-state index >= 15 is 0 Å². The van der Waals surface area contributed by atoms with E-state index in [-0.39, 0.29) is 11.9 Å². The predicted octanol–water partition coefficient (Wildman–Crippen LogP) is 4.36. The first-order valence-electron chi connectivity index (χ1n) is 8.30. The molecule has 0 saturated carbocycles. The van der Waals surface area contributed by atoms with Gasteiger partial charge in [0.05, 0.1) is 12.3 Å². The van der Waals surface area contributed by atoms with E-state index in [0.29, 0.717) is 22.7 Å². The van der Waals surface area contributed by atoms with Gasteiger partial charge in [-0.15, -0.1) is 11.3 Å². The second-order valence-electron chi connectivity index (χ2n) is 5.90. The van der Waals surface area contributed by atoms with Crippen molar-refractivity contribution >= 4 is 28.9 Å². The van der Waals surface area contributed by atoms with Crippen molar-refractivity contribution in [3.8, 4) is 0 Å². The fraction of sp³-hybridized carbons (Fsp3) is 0.368. The van der Waals surface area contributed by atoms with Crippen LogP contribution in [0.1, 0.15) is 55.8 Å². The number of esters is 1. The fourth-order valence-electron chi connectivity index (χ4n) is 3.05. The number of ether oxygens (including phenoxy) is 1. The van der Waals surface area contributed by atoms with Gasteiger partial charge in [-0.1, -0.05) is 18.2 Å². The third kappa shape index (κ3) is 3.22. The Morgan fingerprint density at radius 3 is 2.71 bits per heavy atom. The van der Waals surface area contributed by atoms with E-state index in [1.54, 1.807) is 13.0 Å². The molecule has 0 unspecified atom stereocenters. The monoisotopic (exact) mass is 343 g/mol. The first-order valence-corrected chi connectivity index (χ1v) is 9.12. The van der Waals surface area contributed by atoms with Crippen LogP contribution in [0, 0.1) is 6.92 Å². The molecule has 0 aliphatic heterocycles. The Balaban J connectivity index is 1.97. The zero-order valence-corrected chi connectivity index (χ0v) is 14.8. The lowest BCUT2D eigenvalue weighted by Crippen LogP contribution is -2.17. The molecule has 0 radical (unpaired) electrons. The van der Waals surface area contributed by atoms with Crippen molar-refractivity contribution in [2.75, 3.05) is 11.9 Å². The molecule has 1 aliphatic rings. The van der Waals surface area contributed by atoms with Crippen LogP contribution >= 0.6 is 11.3 Å². The molecule has 0 fully saturated rings. The van der Waals surface area contributed by atoms with Gasteiger partial charge in [-0.2, -0.15) is 0 Å². The molecule has 1 N–H and O–H groups in total. The number of nitrogens with one attached hydrogen (secondary N) is 1. The molecule has 126 valence electrons. The minimum Gasteiger partial charge on any atom is -0.462 e. The summed E-state index contributed by atoms with van der Waals surface area (Å²) in [6.45, 7) is 4.02. The summed E-state index contributed by atoms with van der Waals surface area (Å²) in [6, 6.07) is 7.46. The number of fused-ring (bicyclic) bond motifs is 1. The lowest BCUT2D eigenvalue weighted by Gasteiger charge is -2.14. The van der Waals surface area contributed by atoms with Gasteiger partial charge in [-0.3, -0.25) is 4.79 Å². The number of aryl methyl sites for hydroxylation is 2. The van der Waals surface area contributed by atoms with Gasteiger partial charge in [-0.05, 0) is 56.7 Å². The summed E-state index contributed by atoms with van der Waals surface area (Å²) in [5.74, 6) is -0.526. The molecule has 1 aromatic heterocycles. The van der Waals surface area contributed by atoms with Crippen LogP contribution in [0.15, 0.2) is 24.3 Å². The Morgan fingerprint density at radius 1 is 1.21 bits per heavy atom. The molecule has 24 heavy (non-hydrogen) atoms. The lowest BCUT2D eigenvalue weighted by atomic mass is 9.97. The molecular weight excluding hydrogens is 322 g/mol. The minimum atomic E-state index is -0.350.